The van der Waals surface area contributed by atoms with E-state index in [4.69, 9.17) is 0 Å². The Hall–Kier alpha value is -1.53. The third-order valence-electron chi connectivity index (χ3n) is 5.34. The van der Waals surface area contributed by atoms with Crippen molar-refractivity contribution in [3.05, 3.63) is 35.9 Å². The van der Waals surface area contributed by atoms with Gasteiger partial charge in [0.25, 0.3) is 0 Å². The predicted molar refractivity (Wildman–Crippen MR) is 111 cm³/mol. The van der Waals surface area contributed by atoms with E-state index in [0.717, 1.165) is 38.1 Å². The van der Waals surface area contributed by atoms with E-state index in [1.165, 1.54) is 5.56 Å². The van der Waals surface area contributed by atoms with Gasteiger partial charge in [-0.25, -0.2) is 0 Å². The minimum atomic E-state index is -0.135. The molecule has 148 valence electrons. The van der Waals surface area contributed by atoms with Crippen molar-refractivity contribution in [1.82, 2.24) is 15.5 Å². The van der Waals surface area contributed by atoms with E-state index >= 15 is 0 Å². The van der Waals surface area contributed by atoms with Gasteiger partial charge in [-0.15, -0.1) is 11.8 Å². The zero-order chi connectivity index (χ0) is 19.3. The second-order valence-corrected chi connectivity index (χ2v) is 9.41. The lowest BCUT2D eigenvalue weighted by molar-refractivity contribution is -0.133. The number of thioether (sulfide) groups is 1. The number of likely N-dealkylation sites (tertiary alicyclic amines) is 1. The minimum absolute atomic E-state index is 0.0456. The van der Waals surface area contributed by atoms with E-state index < -0.39 is 0 Å². The van der Waals surface area contributed by atoms with E-state index in [2.05, 4.69) is 36.6 Å². The molecule has 1 spiro atoms. The highest BCUT2D eigenvalue weighted by Gasteiger charge is 2.44. The highest BCUT2D eigenvalue weighted by Crippen LogP contribution is 2.39. The molecule has 0 aromatic heterocycles. The van der Waals surface area contributed by atoms with Crippen molar-refractivity contribution in [2.75, 3.05) is 25.4 Å². The monoisotopic (exact) mass is 389 g/mol. The largest absolute Gasteiger partial charge is 0.354 e. The molecule has 0 radical (unpaired) electrons. The lowest BCUT2D eigenvalue weighted by Crippen LogP contribution is -2.54. The van der Waals surface area contributed by atoms with Crippen LogP contribution in [0.25, 0.3) is 0 Å². The molecule has 2 aliphatic rings. The predicted octanol–water partition coefficient (Wildman–Crippen LogP) is 2.42. The molecule has 2 heterocycles. The van der Waals surface area contributed by atoms with Gasteiger partial charge in [-0.05, 0) is 30.7 Å². The van der Waals surface area contributed by atoms with Gasteiger partial charge in [-0.3, -0.25) is 14.9 Å². The first kappa shape index (κ1) is 20.2. The van der Waals surface area contributed by atoms with Crippen molar-refractivity contribution in [1.29, 1.82) is 0 Å². The molecule has 2 fully saturated rings. The summed E-state index contributed by atoms with van der Waals surface area (Å²) in [5.74, 6) is 1.56. The van der Waals surface area contributed by atoms with Crippen molar-refractivity contribution in [3.63, 3.8) is 0 Å². The summed E-state index contributed by atoms with van der Waals surface area (Å²) in [6.07, 6.45) is 3.30. The third-order valence-corrected chi connectivity index (χ3v) is 6.92. The number of hydrogen-bond donors (Lipinski definition) is 2. The first-order valence-electron chi connectivity index (χ1n) is 9.98. The van der Waals surface area contributed by atoms with Crippen molar-refractivity contribution < 1.29 is 9.59 Å². The fourth-order valence-electron chi connectivity index (χ4n) is 3.77. The number of hydrogen-bond acceptors (Lipinski definition) is 4. The summed E-state index contributed by atoms with van der Waals surface area (Å²) in [5, 5.41) is 6.63. The summed E-state index contributed by atoms with van der Waals surface area (Å²) in [6, 6.07) is 10.1. The molecule has 27 heavy (non-hydrogen) atoms. The van der Waals surface area contributed by atoms with Crippen molar-refractivity contribution in [2.45, 2.75) is 50.4 Å². The Morgan fingerprint density at radius 1 is 1.26 bits per heavy atom. The molecule has 1 unspecified atom stereocenters. The number of rotatable bonds is 6. The first-order valence-corrected chi connectivity index (χ1v) is 11.0. The summed E-state index contributed by atoms with van der Waals surface area (Å²) >= 11 is 1.85. The van der Waals surface area contributed by atoms with E-state index in [9.17, 15) is 9.59 Å². The van der Waals surface area contributed by atoms with Gasteiger partial charge in [0.05, 0.1) is 10.9 Å². The van der Waals surface area contributed by atoms with E-state index in [1.54, 1.807) is 0 Å². The Balaban J connectivity index is 1.42. The summed E-state index contributed by atoms with van der Waals surface area (Å²) in [7, 11) is 0. The van der Waals surface area contributed by atoms with Crippen molar-refractivity contribution >= 4 is 23.6 Å². The molecular weight excluding hydrogens is 358 g/mol. The molecule has 2 aliphatic heterocycles. The third kappa shape index (κ3) is 5.48. The van der Waals surface area contributed by atoms with Crippen molar-refractivity contribution in [2.24, 2.45) is 5.92 Å². The van der Waals surface area contributed by atoms with Crippen LogP contribution in [0.5, 0.6) is 0 Å². The van der Waals surface area contributed by atoms with Gasteiger partial charge >= 0.3 is 0 Å². The Morgan fingerprint density at radius 3 is 2.63 bits per heavy atom. The molecule has 6 heteroatoms. The number of piperidine rings is 1. The lowest BCUT2D eigenvalue weighted by Gasteiger charge is -2.39. The Morgan fingerprint density at radius 2 is 1.96 bits per heavy atom. The Kier molecular flexibility index (Phi) is 6.82. The molecule has 5 nitrogen and oxygen atoms in total. The maximum absolute atomic E-state index is 12.5. The average Bonchev–Trinajstić information content (AvgIpc) is 3.06. The molecule has 0 saturated carbocycles. The smallest absolute Gasteiger partial charge is 0.238 e. The molecule has 2 saturated heterocycles. The van der Waals surface area contributed by atoms with Crippen LogP contribution in [0, 0.1) is 5.92 Å². The van der Waals surface area contributed by atoms with Gasteiger partial charge < -0.3 is 10.2 Å². The highest BCUT2D eigenvalue weighted by atomic mass is 32.2. The van der Waals surface area contributed by atoms with Crippen LogP contribution in [0.2, 0.25) is 0 Å². The summed E-state index contributed by atoms with van der Waals surface area (Å²) in [5.41, 5.74) is 1.24. The second kappa shape index (κ2) is 9.11. The number of amides is 2. The number of benzene rings is 1. The normalized spacial score (nSPS) is 21.6. The Labute approximate surface area is 166 Å². The van der Waals surface area contributed by atoms with Crippen LogP contribution in [0.3, 0.4) is 0 Å². The van der Waals surface area contributed by atoms with Gasteiger partial charge in [-0.2, -0.15) is 0 Å². The van der Waals surface area contributed by atoms with Crippen LogP contribution in [0.1, 0.15) is 38.7 Å². The number of carbonyl (C=O) groups is 2. The molecule has 0 bridgehead atoms. The maximum atomic E-state index is 12.5. The van der Waals surface area contributed by atoms with E-state index in [-0.39, 0.29) is 22.7 Å². The average molecular weight is 390 g/mol. The van der Waals surface area contributed by atoms with Gasteiger partial charge in [0.1, 0.15) is 0 Å². The standard InChI is InChI=1S/C21H31N3O2S/c1-16(2)14-19(25)24-12-9-21(10-13-24)23-18(15-27-21)20(26)22-11-8-17-6-4-3-5-7-17/h3-7,16,18,23H,8-15H2,1-2H3,(H,22,26). The van der Waals surface area contributed by atoms with Gasteiger partial charge in [0, 0.05) is 31.8 Å². The highest BCUT2D eigenvalue weighted by molar-refractivity contribution is 8.01. The van der Waals surface area contributed by atoms with Gasteiger partial charge in [0.15, 0.2) is 0 Å². The SMILES string of the molecule is CC(C)CC(=O)N1CCC2(CC1)NC(C(=O)NCCc1ccccc1)CS2. The van der Waals surface area contributed by atoms with Crippen LogP contribution in [-0.2, 0) is 16.0 Å². The van der Waals surface area contributed by atoms with Crippen LogP contribution >= 0.6 is 11.8 Å². The zero-order valence-electron chi connectivity index (χ0n) is 16.4. The number of nitrogens with one attached hydrogen (secondary N) is 2. The quantitative estimate of drug-likeness (QED) is 0.784. The number of carbonyl (C=O) groups excluding carboxylic acids is 2. The topological polar surface area (TPSA) is 61.4 Å². The van der Waals surface area contributed by atoms with Crippen molar-refractivity contribution in [3.8, 4) is 0 Å². The van der Waals surface area contributed by atoms with Crippen LogP contribution < -0.4 is 10.6 Å². The fourth-order valence-corrected chi connectivity index (χ4v) is 5.18. The zero-order valence-corrected chi connectivity index (χ0v) is 17.2. The lowest BCUT2D eigenvalue weighted by atomic mass is 10.0. The van der Waals surface area contributed by atoms with Gasteiger partial charge in [-0.1, -0.05) is 44.2 Å². The molecule has 3 rings (SSSR count). The number of nitrogens with zero attached hydrogens (tertiary/aromatic N) is 1. The molecular formula is C21H31N3O2S. The minimum Gasteiger partial charge on any atom is -0.354 e. The fraction of sp³-hybridized carbons (Fsp3) is 0.619. The molecule has 1 aromatic carbocycles. The van der Waals surface area contributed by atoms with Gasteiger partial charge in [0.2, 0.25) is 11.8 Å². The summed E-state index contributed by atoms with van der Waals surface area (Å²) in [6.45, 7) is 6.40. The summed E-state index contributed by atoms with van der Waals surface area (Å²) < 4.78 is 0. The van der Waals surface area contributed by atoms with Crippen LogP contribution in [0.15, 0.2) is 30.3 Å². The van der Waals surface area contributed by atoms with Crippen LogP contribution in [-0.4, -0.2) is 53.0 Å². The molecule has 1 atom stereocenters. The van der Waals surface area contributed by atoms with E-state index in [0.29, 0.717) is 18.9 Å². The molecule has 2 N–H and O–H groups in total. The maximum Gasteiger partial charge on any atom is 0.238 e. The molecule has 2 amide bonds. The van der Waals surface area contributed by atoms with Crippen LogP contribution in [0.4, 0.5) is 0 Å². The molecule has 0 aliphatic carbocycles. The molecule has 1 aromatic rings. The summed E-state index contributed by atoms with van der Waals surface area (Å²) in [4.78, 5) is 26.7. The first-order chi connectivity index (χ1) is 13.0. The Bertz CT molecular complexity index is 642. The van der Waals surface area contributed by atoms with E-state index in [1.807, 2.05) is 34.9 Å². The second-order valence-electron chi connectivity index (χ2n) is 8.01.